The number of ether oxygens (including phenoxy) is 1. The zero-order valence-corrected chi connectivity index (χ0v) is 14.2. The molecule has 0 spiro atoms. The number of carbonyl (C=O) groups excluding carboxylic acids is 1. The highest BCUT2D eigenvalue weighted by Gasteiger charge is 2.27. The summed E-state index contributed by atoms with van der Waals surface area (Å²) in [5.41, 5.74) is 0.725. The van der Waals surface area contributed by atoms with Crippen molar-refractivity contribution in [2.24, 2.45) is 0 Å². The van der Waals surface area contributed by atoms with Crippen LogP contribution >= 0.6 is 11.6 Å². The third kappa shape index (κ3) is 5.85. The van der Waals surface area contributed by atoms with E-state index in [-0.39, 0.29) is 12.1 Å². The van der Waals surface area contributed by atoms with Crippen LogP contribution in [0.5, 0.6) is 0 Å². The Kier molecular flexibility index (Phi) is 5.70. The summed E-state index contributed by atoms with van der Waals surface area (Å²) in [6.07, 6.45) is 2.64. The maximum Gasteiger partial charge on any atom is 0.407 e. The van der Waals surface area contributed by atoms with Gasteiger partial charge in [-0.1, -0.05) is 23.7 Å². The lowest BCUT2D eigenvalue weighted by Gasteiger charge is -2.21. The Bertz CT molecular complexity index is 514. The second-order valence-electron chi connectivity index (χ2n) is 6.86. The number of halogens is 1. The van der Waals surface area contributed by atoms with Crippen molar-refractivity contribution < 1.29 is 9.53 Å². The van der Waals surface area contributed by atoms with E-state index in [0.29, 0.717) is 6.04 Å². The summed E-state index contributed by atoms with van der Waals surface area (Å²) in [4.78, 5) is 11.8. The van der Waals surface area contributed by atoms with E-state index in [1.807, 2.05) is 39.0 Å². The van der Waals surface area contributed by atoms with Crippen LogP contribution in [-0.2, 0) is 11.3 Å². The molecule has 22 heavy (non-hydrogen) atoms. The molecule has 2 rings (SSSR count). The van der Waals surface area contributed by atoms with Gasteiger partial charge < -0.3 is 15.4 Å². The van der Waals surface area contributed by atoms with Gasteiger partial charge in [-0.2, -0.15) is 0 Å². The molecular weight excluding hydrogens is 300 g/mol. The highest BCUT2D eigenvalue weighted by Crippen LogP contribution is 2.20. The average Bonchev–Trinajstić information content (AvgIpc) is 2.81. The number of hydrogen-bond acceptors (Lipinski definition) is 3. The maximum absolute atomic E-state index is 11.8. The fourth-order valence-electron chi connectivity index (χ4n) is 2.68. The lowest BCUT2D eigenvalue weighted by atomic mass is 10.2. The Morgan fingerprint density at radius 3 is 2.73 bits per heavy atom. The maximum atomic E-state index is 11.8. The molecule has 1 amide bonds. The molecule has 5 heteroatoms. The molecule has 0 heterocycles. The summed E-state index contributed by atoms with van der Waals surface area (Å²) < 4.78 is 5.29. The minimum Gasteiger partial charge on any atom is -0.444 e. The van der Waals surface area contributed by atoms with Gasteiger partial charge in [-0.15, -0.1) is 0 Å². The molecule has 2 N–H and O–H groups in total. The number of carbonyl (C=O) groups is 1. The van der Waals surface area contributed by atoms with E-state index in [1.165, 1.54) is 5.56 Å². The SMILES string of the molecule is CC(C)(C)OC(=O)NC1CCC(NCc2cccc(Cl)c2)C1. The summed E-state index contributed by atoms with van der Waals surface area (Å²) in [6, 6.07) is 8.47. The number of amides is 1. The highest BCUT2D eigenvalue weighted by atomic mass is 35.5. The zero-order valence-electron chi connectivity index (χ0n) is 13.5. The summed E-state index contributed by atoms with van der Waals surface area (Å²) >= 11 is 5.98. The van der Waals surface area contributed by atoms with E-state index >= 15 is 0 Å². The van der Waals surface area contributed by atoms with Crippen molar-refractivity contribution in [3.05, 3.63) is 34.9 Å². The predicted molar refractivity (Wildman–Crippen MR) is 89.1 cm³/mol. The van der Waals surface area contributed by atoms with Gasteiger partial charge in [0.1, 0.15) is 5.60 Å². The Labute approximate surface area is 137 Å². The van der Waals surface area contributed by atoms with Gasteiger partial charge in [-0.05, 0) is 57.7 Å². The van der Waals surface area contributed by atoms with Gasteiger partial charge in [0.05, 0.1) is 0 Å². The van der Waals surface area contributed by atoms with Crippen LogP contribution < -0.4 is 10.6 Å². The van der Waals surface area contributed by atoms with Crippen LogP contribution in [0.25, 0.3) is 0 Å². The first-order chi connectivity index (χ1) is 10.3. The summed E-state index contributed by atoms with van der Waals surface area (Å²) in [7, 11) is 0. The molecule has 122 valence electrons. The van der Waals surface area contributed by atoms with Crippen molar-refractivity contribution in [1.29, 1.82) is 0 Å². The highest BCUT2D eigenvalue weighted by molar-refractivity contribution is 6.30. The number of alkyl carbamates (subject to hydrolysis) is 1. The molecule has 0 radical (unpaired) electrons. The molecular formula is C17H25ClN2O2. The molecule has 1 aliphatic rings. The smallest absolute Gasteiger partial charge is 0.407 e. The Morgan fingerprint density at radius 1 is 1.32 bits per heavy atom. The van der Waals surface area contributed by atoms with E-state index in [2.05, 4.69) is 16.7 Å². The molecule has 0 saturated heterocycles. The number of rotatable bonds is 4. The van der Waals surface area contributed by atoms with Gasteiger partial charge in [0, 0.05) is 23.7 Å². The van der Waals surface area contributed by atoms with Gasteiger partial charge in [0.25, 0.3) is 0 Å². The topological polar surface area (TPSA) is 50.4 Å². The van der Waals surface area contributed by atoms with Crippen molar-refractivity contribution in [1.82, 2.24) is 10.6 Å². The molecule has 0 aliphatic heterocycles. The van der Waals surface area contributed by atoms with Gasteiger partial charge in [-0.25, -0.2) is 4.79 Å². The molecule has 4 nitrogen and oxygen atoms in total. The second kappa shape index (κ2) is 7.34. The van der Waals surface area contributed by atoms with Crippen molar-refractivity contribution >= 4 is 17.7 Å². The minimum atomic E-state index is -0.451. The van der Waals surface area contributed by atoms with Gasteiger partial charge in [-0.3, -0.25) is 0 Å². The molecule has 1 aromatic rings. The molecule has 1 saturated carbocycles. The van der Waals surface area contributed by atoms with Crippen molar-refractivity contribution in [3.63, 3.8) is 0 Å². The van der Waals surface area contributed by atoms with E-state index in [4.69, 9.17) is 16.3 Å². The fourth-order valence-corrected chi connectivity index (χ4v) is 2.89. The molecule has 0 aromatic heterocycles. The van der Waals surface area contributed by atoms with E-state index < -0.39 is 5.60 Å². The quantitative estimate of drug-likeness (QED) is 0.883. The molecule has 1 aromatic carbocycles. The fraction of sp³-hybridized carbons (Fsp3) is 0.588. The largest absolute Gasteiger partial charge is 0.444 e. The van der Waals surface area contributed by atoms with E-state index in [9.17, 15) is 4.79 Å². The molecule has 1 aliphatic carbocycles. The second-order valence-corrected chi connectivity index (χ2v) is 7.30. The molecule has 0 bridgehead atoms. The van der Waals surface area contributed by atoms with Crippen molar-refractivity contribution in [2.45, 2.75) is 64.3 Å². The third-order valence-electron chi connectivity index (χ3n) is 3.64. The van der Waals surface area contributed by atoms with Crippen molar-refractivity contribution in [3.8, 4) is 0 Å². The molecule has 2 atom stereocenters. The van der Waals surface area contributed by atoms with E-state index in [0.717, 1.165) is 30.8 Å². The lowest BCUT2D eigenvalue weighted by molar-refractivity contribution is 0.0505. The van der Waals surface area contributed by atoms with Crippen LogP contribution in [0.4, 0.5) is 4.79 Å². The zero-order chi connectivity index (χ0) is 16.2. The van der Waals surface area contributed by atoms with Crippen LogP contribution in [0.15, 0.2) is 24.3 Å². The Morgan fingerprint density at radius 2 is 2.05 bits per heavy atom. The van der Waals surface area contributed by atoms with E-state index in [1.54, 1.807) is 0 Å². The normalized spacial score (nSPS) is 21.6. The average molecular weight is 325 g/mol. The predicted octanol–water partition coefficient (Wildman–Crippen LogP) is 3.88. The van der Waals surface area contributed by atoms with Crippen LogP contribution in [0.2, 0.25) is 5.02 Å². The third-order valence-corrected chi connectivity index (χ3v) is 3.87. The monoisotopic (exact) mass is 324 g/mol. The molecule has 1 fully saturated rings. The van der Waals surface area contributed by atoms with Crippen molar-refractivity contribution in [2.75, 3.05) is 0 Å². The first kappa shape index (κ1) is 17.1. The summed E-state index contributed by atoms with van der Waals surface area (Å²) in [6.45, 7) is 6.41. The van der Waals surface area contributed by atoms with Gasteiger partial charge >= 0.3 is 6.09 Å². The van der Waals surface area contributed by atoms with Gasteiger partial charge in [0.2, 0.25) is 0 Å². The first-order valence-electron chi connectivity index (χ1n) is 7.79. The van der Waals surface area contributed by atoms with Crippen LogP contribution in [0.1, 0.15) is 45.6 Å². The summed E-state index contributed by atoms with van der Waals surface area (Å²) in [5.74, 6) is 0. The standard InChI is InChI=1S/C17H25ClN2O2/c1-17(2,3)22-16(21)20-15-8-7-14(10-15)19-11-12-5-4-6-13(18)9-12/h4-6,9,14-15,19H,7-8,10-11H2,1-3H3,(H,20,21). The Balaban J connectivity index is 1.72. The minimum absolute atomic E-state index is 0.187. The van der Waals surface area contributed by atoms with Crippen LogP contribution in [-0.4, -0.2) is 23.8 Å². The number of nitrogens with one attached hydrogen (secondary N) is 2. The first-order valence-corrected chi connectivity index (χ1v) is 8.17. The number of benzene rings is 1. The Hall–Kier alpha value is -1.26. The van der Waals surface area contributed by atoms with Gasteiger partial charge in [0.15, 0.2) is 0 Å². The molecule has 2 unspecified atom stereocenters. The van der Waals surface area contributed by atoms with Crippen LogP contribution in [0.3, 0.4) is 0 Å². The van der Waals surface area contributed by atoms with Crippen LogP contribution in [0, 0.1) is 0 Å². The summed E-state index contributed by atoms with van der Waals surface area (Å²) in [5, 5.41) is 7.24. The lowest BCUT2D eigenvalue weighted by Crippen LogP contribution is -2.38. The number of hydrogen-bond donors (Lipinski definition) is 2.